The van der Waals surface area contributed by atoms with Crippen LogP contribution in [-0.2, 0) is 17.8 Å². The molecule has 4 N–H and O–H groups in total. The van der Waals surface area contributed by atoms with Gasteiger partial charge < -0.3 is 20.8 Å². The largest absolute Gasteiger partial charge is 0.504 e. The number of phenolic OH excluding ortho intramolecular Hbond substituents is 2. The van der Waals surface area contributed by atoms with Crippen LogP contribution in [0.25, 0.3) is 0 Å². The Morgan fingerprint density at radius 3 is 2.67 bits per heavy atom. The maximum atomic E-state index is 12.2. The Bertz CT molecular complexity index is 613. The van der Waals surface area contributed by atoms with Crippen molar-refractivity contribution in [3.05, 3.63) is 46.2 Å². The van der Waals surface area contributed by atoms with Crippen molar-refractivity contribution in [2.45, 2.75) is 19.0 Å². The molecule has 0 fully saturated rings. The number of thiophene rings is 1. The second-order valence-electron chi connectivity index (χ2n) is 4.96. The number of amides is 1. The van der Waals surface area contributed by atoms with E-state index in [1.807, 2.05) is 16.8 Å². The van der Waals surface area contributed by atoms with Crippen LogP contribution >= 0.6 is 11.3 Å². The number of carbonyl (C=O) groups excluding carboxylic acids is 1. The van der Waals surface area contributed by atoms with Gasteiger partial charge in [0.05, 0.1) is 6.04 Å². The molecule has 1 atom stereocenters. The molecule has 1 aromatic carbocycles. The highest BCUT2D eigenvalue weighted by atomic mass is 32.1. The molecule has 1 aromatic heterocycles. The summed E-state index contributed by atoms with van der Waals surface area (Å²) in [5.41, 5.74) is 7.71. The monoisotopic (exact) mass is 306 g/mol. The highest BCUT2D eigenvalue weighted by Gasteiger charge is 2.19. The van der Waals surface area contributed by atoms with E-state index < -0.39 is 6.04 Å². The molecule has 0 bridgehead atoms. The fraction of sp³-hybridized carbons (Fsp3) is 0.267. The summed E-state index contributed by atoms with van der Waals surface area (Å²) in [7, 11) is 1.72. The van der Waals surface area contributed by atoms with Crippen LogP contribution in [0.2, 0.25) is 0 Å². The Morgan fingerprint density at radius 2 is 2.05 bits per heavy atom. The summed E-state index contributed by atoms with van der Waals surface area (Å²) >= 11 is 1.59. The van der Waals surface area contributed by atoms with Crippen molar-refractivity contribution in [2.75, 3.05) is 7.05 Å². The molecule has 112 valence electrons. The summed E-state index contributed by atoms with van der Waals surface area (Å²) in [5, 5.41) is 22.7. The van der Waals surface area contributed by atoms with Gasteiger partial charge in [-0.25, -0.2) is 0 Å². The Labute approximate surface area is 127 Å². The van der Waals surface area contributed by atoms with Gasteiger partial charge in [0.1, 0.15) is 0 Å². The van der Waals surface area contributed by atoms with Crippen molar-refractivity contribution in [3.63, 3.8) is 0 Å². The van der Waals surface area contributed by atoms with E-state index in [9.17, 15) is 15.0 Å². The number of nitrogens with zero attached hydrogens (tertiary/aromatic N) is 1. The fourth-order valence-electron chi connectivity index (χ4n) is 2.05. The number of rotatable bonds is 5. The van der Waals surface area contributed by atoms with Crippen LogP contribution < -0.4 is 5.73 Å². The molecule has 1 amide bonds. The van der Waals surface area contributed by atoms with Gasteiger partial charge in [-0.2, -0.15) is 11.3 Å². The lowest BCUT2D eigenvalue weighted by Gasteiger charge is -2.21. The highest BCUT2D eigenvalue weighted by Crippen LogP contribution is 2.25. The van der Waals surface area contributed by atoms with Crippen LogP contribution in [0.15, 0.2) is 35.0 Å². The SMILES string of the molecule is CN(Cc1ccsc1)C(=O)[C@@H](N)Cc1ccc(O)c(O)c1. The summed E-state index contributed by atoms with van der Waals surface area (Å²) in [5.74, 6) is -0.555. The van der Waals surface area contributed by atoms with Crippen LogP contribution in [0.1, 0.15) is 11.1 Å². The molecule has 2 aromatic rings. The van der Waals surface area contributed by atoms with Gasteiger partial charge in [0, 0.05) is 13.6 Å². The third-order valence-corrected chi connectivity index (χ3v) is 3.92. The second-order valence-corrected chi connectivity index (χ2v) is 5.74. The van der Waals surface area contributed by atoms with Crippen molar-refractivity contribution in [1.29, 1.82) is 0 Å². The van der Waals surface area contributed by atoms with E-state index in [0.29, 0.717) is 18.5 Å². The fourth-order valence-corrected chi connectivity index (χ4v) is 2.71. The normalized spacial score (nSPS) is 12.1. The molecule has 0 aliphatic rings. The number of aromatic hydroxyl groups is 2. The van der Waals surface area contributed by atoms with Gasteiger partial charge in [-0.15, -0.1) is 0 Å². The quantitative estimate of drug-likeness (QED) is 0.734. The van der Waals surface area contributed by atoms with Crippen molar-refractivity contribution < 1.29 is 15.0 Å². The predicted octanol–water partition coefficient (Wildman–Crippen LogP) is 1.69. The molecule has 0 saturated carbocycles. The van der Waals surface area contributed by atoms with E-state index >= 15 is 0 Å². The second kappa shape index (κ2) is 6.60. The Balaban J connectivity index is 1.96. The molecule has 21 heavy (non-hydrogen) atoms. The standard InChI is InChI=1S/C15H18N2O3S/c1-17(8-11-4-5-21-9-11)15(20)12(16)6-10-2-3-13(18)14(19)7-10/h2-5,7,9,12,18-19H,6,8,16H2,1H3/t12-/m0/s1. The third kappa shape index (κ3) is 3.96. The van der Waals surface area contributed by atoms with E-state index in [-0.39, 0.29) is 17.4 Å². The van der Waals surface area contributed by atoms with Crippen molar-refractivity contribution >= 4 is 17.2 Å². The number of benzene rings is 1. The van der Waals surface area contributed by atoms with Gasteiger partial charge in [-0.05, 0) is 46.5 Å². The van der Waals surface area contributed by atoms with Gasteiger partial charge in [-0.1, -0.05) is 6.07 Å². The van der Waals surface area contributed by atoms with Gasteiger partial charge in [0.15, 0.2) is 11.5 Å². The molecular formula is C15H18N2O3S. The number of carbonyl (C=O) groups is 1. The molecule has 5 nitrogen and oxygen atoms in total. The summed E-state index contributed by atoms with van der Waals surface area (Å²) in [6.07, 6.45) is 0.306. The summed E-state index contributed by atoms with van der Waals surface area (Å²) in [6.45, 7) is 0.525. The number of hydrogen-bond donors (Lipinski definition) is 3. The van der Waals surface area contributed by atoms with Crippen molar-refractivity contribution in [2.24, 2.45) is 5.73 Å². The maximum absolute atomic E-state index is 12.2. The predicted molar refractivity (Wildman–Crippen MR) is 82.2 cm³/mol. The minimum atomic E-state index is -0.683. The molecular weight excluding hydrogens is 288 g/mol. The lowest BCUT2D eigenvalue weighted by atomic mass is 10.0. The Morgan fingerprint density at radius 1 is 1.29 bits per heavy atom. The zero-order valence-electron chi connectivity index (χ0n) is 11.7. The molecule has 0 unspecified atom stereocenters. The number of nitrogens with two attached hydrogens (primary N) is 1. The zero-order valence-corrected chi connectivity index (χ0v) is 12.5. The molecule has 1 heterocycles. The molecule has 0 aliphatic heterocycles. The smallest absolute Gasteiger partial charge is 0.239 e. The first-order chi connectivity index (χ1) is 9.97. The van der Waals surface area contributed by atoms with E-state index in [4.69, 9.17) is 5.73 Å². The van der Waals surface area contributed by atoms with Crippen molar-refractivity contribution in [3.8, 4) is 11.5 Å². The molecule has 6 heteroatoms. The summed E-state index contributed by atoms with van der Waals surface area (Å²) < 4.78 is 0. The average molecular weight is 306 g/mol. The van der Waals surface area contributed by atoms with E-state index in [1.165, 1.54) is 12.1 Å². The van der Waals surface area contributed by atoms with Gasteiger partial charge >= 0.3 is 0 Å². The van der Waals surface area contributed by atoms with Gasteiger partial charge in [0.25, 0.3) is 0 Å². The maximum Gasteiger partial charge on any atom is 0.239 e. The first kappa shape index (κ1) is 15.3. The van der Waals surface area contributed by atoms with Crippen LogP contribution in [-0.4, -0.2) is 34.1 Å². The molecule has 0 radical (unpaired) electrons. The van der Waals surface area contributed by atoms with Gasteiger partial charge in [-0.3, -0.25) is 4.79 Å². The topological polar surface area (TPSA) is 86.8 Å². The lowest BCUT2D eigenvalue weighted by molar-refractivity contribution is -0.131. The lowest BCUT2D eigenvalue weighted by Crippen LogP contribution is -2.42. The first-order valence-corrected chi connectivity index (χ1v) is 7.44. The molecule has 0 aliphatic carbocycles. The first-order valence-electron chi connectivity index (χ1n) is 6.50. The van der Waals surface area contributed by atoms with Crippen LogP contribution in [0.4, 0.5) is 0 Å². The Kier molecular flexibility index (Phi) is 4.82. The molecule has 0 saturated heterocycles. The number of hydrogen-bond acceptors (Lipinski definition) is 5. The van der Waals surface area contributed by atoms with Gasteiger partial charge in [0.2, 0.25) is 5.91 Å². The molecule has 2 rings (SSSR count). The summed E-state index contributed by atoms with van der Waals surface area (Å²) in [6, 6.07) is 5.73. The number of phenols is 2. The zero-order chi connectivity index (χ0) is 15.4. The number of likely N-dealkylation sites (N-methyl/N-ethyl adjacent to an activating group) is 1. The average Bonchev–Trinajstić information content (AvgIpc) is 2.94. The molecule has 0 spiro atoms. The van der Waals surface area contributed by atoms with Crippen LogP contribution in [0.3, 0.4) is 0 Å². The van der Waals surface area contributed by atoms with Crippen molar-refractivity contribution in [1.82, 2.24) is 4.90 Å². The minimum absolute atomic E-state index is 0.159. The minimum Gasteiger partial charge on any atom is -0.504 e. The van der Waals surface area contributed by atoms with Crippen LogP contribution in [0, 0.1) is 0 Å². The van der Waals surface area contributed by atoms with E-state index in [1.54, 1.807) is 29.4 Å². The van der Waals surface area contributed by atoms with Crippen LogP contribution in [0.5, 0.6) is 11.5 Å². The summed E-state index contributed by atoms with van der Waals surface area (Å²) in [4.78, 5) is 13.8. The van der Waals surface area contributed by atoms with E-state index in [0.717, 1.165) is 5.56 Å². The Hall–Kier alpha value is -2.05. The highest BCUT2D eigenvalue weighted by molar-refractivity contribution is 7.07. The third-order valence-electron chi connectivity index (χ3n) is 3.19. The van der Waals surface area contributed by atoms with E-state index in [2.05, 4.69) is 0 Å².